The van der Waals surface area contributed by atoms with Crippen LogP contribution in [0.15, 0.2) is 48.6 Å². The summed E-state index contributed by atoms with van der Waals surface area (Å²) in [5.74, 6) is -0.925. The standard InChI is InChI=1S/C22H34O3/c1-2-20-21(25-20)18-16-14-12-10-8-6-4-3-5-7-9-11-13-15-17-19-22(23)24/h5,7,9,11,13,15,17,19-21H,2-4,6,8,10,12,14,16,18H2,1H3,(H,23,24)/b7-5+,11-9+,15-13+,19-17+. The minimum atomic E-state index is -0.925. The minimum Gasteiger partial charge on any atom is -0.478 e. The molecule has 0 bridgehead atoms. The van der Waals surface area contributed by atoms with Crippen molar-refractivity contribution in [1.82, 2.24) is 0 Å². The maximum atomic E-state index is 10.2. The first-order valence-corrected chi connectivity index (χ1v) is 9.79. The molecule has 3 heteroatoms. The van der Waals surface area contributed by atoms with E-state index in [0.717, 1.165) is 12.5 Å². The number of epoxide rings is 1. The molecule has 0 aromatic rings. The summed E-state index contributed by atoms with van der Waals surface area (Å²) in [6.45, 7) is 2.20. The fourth-order valence-corrected chi connectivity index (χ4v) is 2.85. The summed E-state index contributed by atoms with van der Waals surface area (Å²) in [5, 5.41) is 8.41. The third kappa shape index (κ3) is 13.4. The Labute approximate surface area is 153 Å². The minimum absolute atomic E-state index is 0.577. The molecule has 0 aromatic heterocycles. The third-order valence-electron chi connectivity index (χ3n) is 4.38. The first kappa shape index (κ1) is 21.4. The lowest BCUT2D eigenvalue weighted by Crippen LogP contribution is -1.92. The van der Waals surface area contributed by atoms with Crippen LogP contribution in [0.4, 0.5) is 0 Å². The number of hydrogen-bond donors (Lipinski definition) is 1. The molecule has 2 atom stereocenters. The van der Waals surface area contributed by atoms with E-state index in [1.165, 1.54) is 63.9 Å². The number of hydrogen-bond acceptors (Lipinski definition) is 2. The van der Waals surface area contributed by atoms with Crippen molar-refractivity contribution in [3.05, 3.63) is 48.6 Å². The number of allylic oxidation sites excluding steroid dienone is 7. The Bertz CT molecular complexity index is 460. The molecule has 0 saturated carbocycles. The molecule has 1 aliphatic heterocycles. The van der Waals surface area contributed by atoms with Gasteiger partial charge in [0.15, 0.2) is 0 Å². The van der Waals surface area contributed by atoms with Gasteiger partial charge in [0.25, 0.3) is 0 Å². The van der Waals surface area contributed by atoms with E-state index in [1.807, 2.05) is 18.2 Å². The summed E-state index contributed by atoms with van der Waals surface area (Å²) in [5.41, 5.74) is 0. The average Bonchev–Trinajstić information content (AvgIpc) is 3.36. The molecular formula is C22H34O3. The highest BCUT2D eigenvalue weighted by molar-refractivity contribution is 5.80. The molecule has 0 amide bonds. The van der Waals surface area contributed by atoms with Crippen molar-refractivity contribution in [2.45, 2.75) is 83.3 Å². The number of carbonyl (C=O) groups is 1. The van der Waals surface area contributed by atoms with Crippen molar-refractivity contribution in [3.8, 4) is 0 Å². The smallest absolute Gasteiger partial charge is 0.328 e. The zero-order chi connectivity index (χ0) is 18.2. The molecule has 2 unspecified atom stereocenters. The summed E-state index contributed by atoms with van der Waals surface area (Å²) in [4.78, 5) is 10.2. The van der Waals surface area contributed by atoms with E-state index < -0.39 is 5.97 Å². The summed E-state index contributed by atoms with van der Waals surface area (Å²) < 4.78 is 5.56. The van der Waals surface area contributed by atoms with Gasteiger partial charge < -0.3 is 9.84 Å². The first-order chi connectivity index (χ1) is 12.2. The monoisotopic (exact) mass is 346 g/mol. The highest BCUT2D eigenvalue weighted by Crippen LogP contribution is 2.29. The fraction of sp³-hybridized carbons (Fsp3) is 0.591. The molecule has 1 aliphatic rings. The fourth-order valence-electron chi connectivity index (χ4n) is 2.85. The van der Waals surface area contributed by atoms with Gasteiger partial charge in [-0.3, -0.25) is 0 Å². The van der Waals surface area contributed by atoms with Crippen LogP contribution in [-0.2, 0) is 9.53 Å². The van der Waals surface area contributed by atoms with Gasteiger partial charge in [-0.1, -0.05) is 88.0 Å². The summed E-state index contributed by atoms with van der Waals surface area (Å²) >= 11 is 0. The van der Waals surface area contributed by atoms with Crippen LogP contribution in [0.3, 0.4) is 0 Å². The first-order valence-electron chi connectivity index (χ1n) is 9.79. The normalized spacial score (nSPS) is 20.5. The van der Waals surface area contributed by atoms with Gasteiger partial charge in [-0.05, 0) is 25.7 Å². The average molecular weight is 347 g/mol. The predicted octanol–water partition coefficient (Wildman–Crippen LogP) is 5.98. The van der Waals surface area contributed by atoms with Crippen LogP contribution in [0.25, 0.3) is 0 Å². The molecular weight excluding hydrogens is 312 g/mol. The second kappa shape index (κ2) is 14.7. The summed E-state index contributed by atoms with van der Waals surface area (Å²) in [6, 6.07) is 0. The molecule has 0 aliphatic carbocycles. The van der Waals surface area contributed by atoms with E-state index in [-0.39, 0.29) is 0 Å². The van der Waals surface area contributed by atoms with Crippen molar-refractivity contribution < 1.29 is 14.6 Å². The van der Waals surface area contributed by atoms with Crippen LogP contribution >= 0.6 is 0 Å². The second-order valence-electron chi connectivity index (χ2n) is 6.57. The quantitative estimate of drug-likeness (QED) is 0.172. The Kier molecular flexibility index (Phi) is 12.6. The molecule has 1 saturated heterocycles. The molecule has 0 spiro atoms. The van der Waals surface area contributed by atoms with Gasteiger partial charge in [-0.15, -0.1) is 0 Å². The third-order valence-corrected chi connectivity index (χ3v) is 4.38. The van der Waals surface area contributed by atoms with Crippen molar-refractivity contribution >= 4 is 5.97 Å². The lowest BCUT2D eigenvalue weighted by atomic mass is 10.1. The Morgan fingerprint density at radius 3 is 2.08 bits per heavy atom. The Morgan fingerprint density at radius 2 is 1.44 bits per heavy atom. The van der Waals surface area contributed by atoms with Gasteiger partial charge in [-0.25, -0.2) is 4.79 Å². The Balaban J connectivity index is 1.81. The largest absolute Gasteiger partial charge is 0.478 e. The highest BCUT2D eigenvalue weighted by atomic mass is 16.6. The SMILES string of the molecule is CCC1OC1CCCCCCCCC/C=C/C=C/C=C/C=C/C(=O)O. The van der Waals surface area contributed by atoms with Crippen LogP contribution in [-0.4, -0.2) is 23.3 Å². The van der Waals surface area contributed by atoms with Gasteiger partial charge in [-0.2, -0.15) is 0 Å². The maximum Gasteiger partial charge on any atom is 0.328 e. The molecule has 0 radical (unpaired) electrons. The maximum absolute atomic E-state index is 10.2. The number of ether oxygens (including phenoxy) is 1. The van der Waals surface area contributed by atoms with Gasteiger partial charge in [0, 0.05) is 6.08 Å². The number of unbranched alkanes of at least 4 members (excludes halogenated alkanes) is 7. The van der Waals surface area contributed by atoms with Crippen LogP contribution in [0.5, 0.6) is 0 Å². The van der Waals surface area contributed by atoms with Gasteiger partial charge >= 0.3 is 5.97 Å². The highest BCUT2D eigenvalue weighted by Gasteiger charge is 2.35. The number of aliphatic carboxylic acids is 1. The molecule has 1 rings (SSSR count). The van der Waals surface area contributed by atoms with E-state index in [2.05, 4.69) is 19.1 Å². The van der Waals surface area contributed by atoms with Crippen LogP contribution < -0.4 is 0 Å². The van der Waals surface area contributed by atoms with E-state index in [0.29, 0.717) is 12.2 Å². The lowest BCUT2D eigenvalue weighted by Gasteiger charge is -2.00. The topological polar surface area (TPSA) is 49.8 Å². The van der Waals surface area contributed by atoms with E-state index >= 15 is 0 Å². The van der Waals surface area contributed by atoms with Crippen molar-refractivity contribution in [3.63, 3.8) is 0 Å². The predicted molar refractivity (Wildman–Crippen MR) is 105 cm³/mol. The molecule has 0 aromatic carbocycles. The second-order valence-corrected chi connectivity index (χ2v) is 6.57. The van der Waals surface area contributed by atoms with Crippen molar-refractivity contribution in [2.24, 2.45) is 0 Å². The summed E-state index contributed by atoms with van der Waals surface area (Å²) in [7, 11) is 0. The van der Waals surface area contributed by atoms with Gasteiger partial charge in [0.2, 0.25) is 0 Å². The van der Waals surface area contributed by atoms with Crippen LogP contribution in [0.1, 0.15) is 71.1 Å². The molecule has 140 valence electrons. The number of carboxylic acid groups (broad SMARTS) is 1. The van der Waals surface area contributed by atoms with Crippen LogP contribution in [0.2, 0.25) is 0 Å². The molecule has 1 heterocycles. The molecule has 1 fully saturated rings. The number of rotatable bonds is 15. The van der Waals surface area contributed by atoms with E-state index in [4.69, 9.17) is 9.84 Å². The molecule has 3 nitrogen and oxygen atoms in total. The van der Waals surface area contributed by atoms with Gasteiger partial charge in [0.1, 0.15) is 0 Å². The molecule has 25 heavy (non-hydrogen) atoms. The Morgan fingerprint density at radius 1 is 0.840 bits per heavy atom. The van der Waals surface area contributed by atoms with Gasteiger partial charge in [0.05, 0.1) is 12.2 Å². The van der Waals surface area contributed by atoms with E-state index in [1.54, 1.807) is 6.08 Å². The summed E-state index contributed by atoms with van der Waals surface area (Å²) in [6.07, 6.45) is 28.3. The van der Waals surface area contributed by atoms with E-state index in [9.17, 15) is 4.79 Å². The van der Waals surface area contributed by atoms with Crippen molar-refractivity contribution in [1.29, 1.82) is 0 Å². The zero-order valence-corrected chi connectivity index (χ0v) is 15.6. The Hall–Kier alpha value is -1.61. The number of carboxylic acids is 1. The van der Waals surface area contributed by atoms with Crippen LogP contribution in [0, 0.1) is 0 Å². The molecule has 1 N–H and O–H groups in total. The zero-order valence-electron chi connectivity index (χ0n) is 15.6. The lowest BCUT2D eigenvalue weighted by molar-refractivity contribution is -0.131. The van der Waals surface area contributed by atoms with Crippen molar-refractivity contribution in [2.75, 3.05) is 0 Å².